The molecule has 0 atom stereocenters. The highest BCUT2D eigenvalue weighted by Gasteiger charge is 2.08. The van der Waals surface area contributed by atoms with E-state index in [4.69, 9.17) is 9.47 Å². The lowest BCUT2D eigenvalue weighted by Crippen LogP contribution is -2.36. The van der Waals surface area contributed by atoms with Crippen LogP contribution in [0.5, 0.6) is 0 Å². The number of unbranched alkanes of at least 4 members (excludes halogenated alkanes) is 3. The topological polar surface area (TPSA) is 65.1 Å². The first kappa shape index (κ1) is 18.6. The molecule has 1 aliphatic heterocycles. The second-order valence-electron chi connectivity index (χ2n) is 5.12. The van der Waals surface area contributed by atoms with E-state index in [2.05, 4.69) is 9.64 Å². The molecule has 126 valence electrons. The third-order valence-corrected chi connectivity index (χ3v) is 3.36. The molecule has 0 aromatic carbocycles. The summed E-state index contributed by atoms with van der Waals surface area (Å²) in [5, 5.41) is 0. The summed E-state index contributed by atoms with van der Waals surface area (Å²) in [6.45, 7) is 7.26. The fourth-order valence-electron chi connectivity index (χ4n) is 2.16. The van der Waals surface area contributed by atoms with Crippen LogP contribution in [0.4, 0.5) is 0 Å². The fraction of sp³-hybridized carbons (Fsp3) is 0.750. The molecule has 0 aromatic rings. The van der Waals surface area contributed by atoms with E-state index in [0.717, 1.165) is 70.7 Å². The Bertz CT molecular complexity index is 350. The lowest BCUT2D eigenvalue weighted by molar-refractivity contribution is -0.140. The summed E-state index contributed by atoms with van der Waals surface area (Å²) in [5.74, 6) is -1.02. The van der Waals surface area contributed by atoms with Crippen LogP contribution in [-0.4, -0.2) is 62.9 Å². The molecule has 0 bridgehead atoms. The van der Waals surface area contributed by atoms with E-state index in [1.165, 1.54) is 0 Å². The van der Waals surface area contributed by atoms with E-state index in [1.807, 2.05) is 0 Å². The maximum atomic E-state index is 11.3. The van der Waals surface area contributed by atoms with Crippen LogP contribution in [0.1, 0.15) is 32.6 Å². The van der Waals surface area contributed by atoms with Crippen molar-refractivity contribution in [3.8, 4) is 0 Å². The van der Waals surface area contributed by atoms with Gasteiger partial charge in [-0.25, -0.2) is 9.59 Å². The number of carbonyl (C=O) groups excluding carboxylic acids is 2. The van der Waals surface area contributed by atoms with Crippen LogP contribution >= 0.6 is 0 Å². The Labute approximate surface area is 132 Å². The summed E-state index contributed by atoms with van der Waals surface area (Å²) < 4.78 is 15.0. The molecule has 6 nitrogen and oxygen atoms in total. The average molecular weight is 313 g/mol. The van der Waals surface area contributed by atoms with Crippen molar-refractivity contribution in [3.05, 3.63) is 12.2 Å². The number of morpholine rings is 1. The van der Waals surface area contributed by atoms with E-state index in [1.54, 1.807) is 6.92 Å². The van der Waals surface area contributed by atoms with Crippen LogP contribution in [0.15, 0.2) is 12.2 Å². The maximum Gasteiger partial charge on any atom is 0.331 e. The normalized spacial score (nSPS) is 15.9. The van der Waals surface area contributed by atoms with Crippen LogP contribution in [0.25, 0.3) is 0 Å². The van der Waals surface area contributed by atoms with Gasteiger partial charge in [-0.15, -0.1) is 0 Å². The minimum Gasteiger partial charge on any atom is -0.463 e. The highest BCUT2D eigenvalue weighted by Crippen LogP contribution is 2.04. The Morgan fingerprint density at radius 3 is 2.32 bits per heavy atom. The van der Waals surface area contributed by atoms with Gasteiger partial charge in [0.05, 0.1) is 26.4 Å². The molecule has 1 aliphatic rings. The smallest absolute Gasteiger partial charge is 0.331 e. The minimum absolute atomic E-state index is 0.294. The van der Waals surface area contributed by atoms with Crippen molar-refractivity contribution in [1.82, 2.24) is 4.90 Å². The molecule has 0 radical (unpaired) electrons. The molecule has 0 aromatic heterocycles. The Balaban J connectivity index is 1.92. The van der Waals surface area contributed by atoms with Gasteiger partial charge in [0.15, 0.2) is 0 Å². The zero-order valence-corrected chi connectivity index (χ0v) is 13.4. The molecule has 0 spiro atoms. The number of hydrogen-bond acceptors (Lipinski definition) is 6. The summed E-state index contributed by atoms with van der Waals surface area (Å²) >= 11 is 0. The number of esters is 2. The third kappa shape index (κ3) is 9.52. The first-order valence-electron chi connectivity index (χ1n) is 8.04. The summed E-state index contributed by atoms with van der Waals surface area (Å²) in [6, 6.07) is 0. The number of rotatable bonds is 10. The van der Waals surface area contributed by atoms with Crippen LogP contribution < -0.4 is 0 Å². The van der Waals surface area contributed by atoms with Gasteiger partial charge in [0.25, 0.3) is 0 Å². The molecule has 1 heterocycles. The van der Waals surface area contributed by atoms with Gasteiger partial charge in [0, 0.05) is 25.2 Å². The van der Waals surface area contributed by atoms with Crippen LogP contribution in [-0.2, 0) is 23.8 Å². The molecular formula is C16H27NO5. The zero-order valence-electron chi connectivity index (χ0n) is 13.4. The van der Waals surface area contributed by atoms with Gasteiger partial charge in [-0.05, 0) is 26.3 Å². The van der Waals surface area contributed by atoms with Crippen molar-refractivity contribution in [1.29, 1.82) is 0 Å². The van der Waals surface area contributed by atoms with Gasteiger partial charge in [-0.3, -0.25) is 4.90 Å². The van der Waals surface area contributed by atoms with E-state index in [0.29, 0.717) is 13.2 Å². The second kappa shape index (κ2) is 12.2. The van der Waals surface area contributed by atoms with Crippen LogP contribution in [0.2, 0.25) is 0 Å². The molecular weight excluding hydrogens is 286 g/mol. The Morgan fingerprint density at radius 1 is 1.00 bits per heavy atom. The van der Waals surface area contributed by atoms with Gasteiger partial charge in [0.1, 0.15) is 0 Å². The van der Waals surface area contributed by atoms with Gasteiger partial charge in [-0.1, -0.05) is 12.8 Å². The van der Waals surface area contributed by atoms with E-state index in [9.17, 15) is 9.59 Å². The highest BCUT2D eigenvalue weighted by molar-refractivity contribution is 5.91. The summed E-state index contributed by atoms with van der Waals surface area (Å²) in [6.07, 6.45) is 6.39. The lowest BCUT2D eigenvalue weighted by Gasteiger charge is -2.26. The first-order chi connectivity index (χ1) is 10.7. The Kier molecular flexibility index (Phi) is 10.3. The molecule has 1 saturated heterocycles. The zero-order chi connectivity index (χ0) is 16.0. The molecule has 6 heteroatoms. The Morgan fingerprint density at radius 2 is 1.64 bits per heavy atom. The molecule has 0 unspecified atom stereocenters. The minimum atomic E-state index is -0.525. The highest BCUT2D eigenvalue weighted by atomic mass is 16.5. The number of nitrogens with zero attached hydrogens (tertiary/aromatic N) is 1. The second-order valence-corrected chi connectivity index (χ2v) is 5.12. The molecule has 0 amide bonds. The molecule has 0 aliphatic carbocycles. The summed E-state index contributed by atoms with van der Waals surface area (Å²) in [4.78, 5) is 24.7. The number of ether oxygens (including phenoxy) is 3. The summed E-state index contributed by atoms with van der Waals surface area (Å²) in [5.41, 5.74) is 0. The van der Waals surface area contributed by atoms with Crippen molar-refractivity contribution < 1.29 is 23.8 Å². The molecule has 0 N–H and O–H groups in total. The van der Waals surface area contributed by atoms with E-state index < -0.39 is 11.9 Å². The van der Waals surface area contributed by atoms with Gasteiger partial charge in [-0.2, -0.15) is 0 Å². The Hall–Kier alpha value is -1.40. The predicted molar refractivity (Wildman–Crippen MR) is 82.5 cm³/mol. The monoisotopic (exact) mass is 313 g/mol. The molecule has 22 heavy (non-hydrogen) atoms. The third-order valence-electron chi connectivity index (χ3n) is 3.36. The van der Waals surface area contributed by atoms with Crippen molar-refractivity contribution in [2.75, 3.05) is 46.1 Å². The quantitative estimate of drug-likeness (QED) is 0.346. The SMILES string of the molecule is CCOC(=O)/C=C/C(=O)OCCCCCCN1CCOCC1. The van der Waals surface area contributed by atoms with Crippen LogP contribution in [0.3, 0.4) is 0 Å². The molecule has 0 saturated carbocycles. The summed E-state index contributed by atoms with van der Waals surface area (Å²) in [7, 11) is 0. The van der Waals surface area contributed by atoms with E-state index in [-0.39, 0.29) is 0 Å². The largest absolute Gasteiger partial charge is 0.463 e. The van der Waals surface area contributed by atoms with Crippen molar-refractivity contribution in [2.24, 2.45) is 0 Å². The van der Waals surface area contributed by atoms with Crippen molar-refractivity contribution in [3.63, 3.8) is 0 Å². The van der Waals surface area contributed by atoms with Crippen molar-refractivity contribution in [2.45, 2.75) is 32.6 Å². The van der Waals surface area contributed by atoms with Crippen molar-refractivity contribution >= 4 is 11.9 Å². The van der Waals surface area contributed by atoms with Gasteiger partial charge in [0.2, 0.25) is 0 Å². The molecule has 1 rings (SSSR count). The van der Waals surface area contributed by atoms with E-state index >= 15 is 0 Å². The maximum absolute atomic E-state index is 11.3. The lowest BCUT2D eigenvalue weighted by atomic mass is 10.2. The van der Waals surface area contributed by atoms with Gasteiger partial charge >= 0.3 is 11.9 Å². The number of carbonyl (C=O) groups is 2. The molecule has 1 fully saturated rings. The number of hydrogen-bond donors (Lipinski definition) is 0. The van der Waals surface area contributed by atoms with Gasteiger partial charge < -0.3 is 14.2 Å². The first-order valence-corrected chi connectivity index (χ1v) is 8.04. The fourth-order valence-corrected chi connectivity index (χ4v) is 2.16. The standard InChI is InChI=1S/C16H27NO5/c1-2-21-15(18)7-8-16(19)22-12-6-4-3-5-9-17-10-13-20-14-11-17/h7-8H,2-6,9-14H2,1H3/b8-7+. The average Bonchev–Trinajstić information content (AvgIpc) is 2.53. The predicted octanol–water partition coefficient (Wildman–Crippen LogP) is 1.54. The van der Waals surface area contributed by atoms with Crippen LogP contribution in [0, 0.1) is 0 Å².